The largest absolute Gasteiger partial charge is 0.442 e. The molecule has 1 atom stereocenters. The minimum absolute atomic E-state index is 0.0413. The van der Waals surface area contributed by atoms with Crippen molar-refractivity contribution in [1.29, 1.82) is 0 Å². The highest BCUT2D eigenvalue weighted by atomic mass is 35.5. The van der Waals surface area contributed by atoms with Gasteiger partial charge in [-0.05, 0) is 51.0 Å². The number of amides is 2. The molecule has 1 unspecified atom stereocenters. The zero-order valence-corrected chi connectivity index (χ0v) is 27.3. The maximum Gasteiger partial charge on any atom is 0.410 e. The number of aryl methyl sites for hydroxylation is 1. The summed E-state index contributed by atoms with van der Waals surface area (Å²) in [7, 11) is 0. The number of rotatable bonds is 8. The van der Waals surface area contributed by atoms with E-state index in [1.807, 2.05) is 23.1 Å². The first kappa shape index (κ1) is 31.4. The van der Waals surface area contributed by atoms with Crippen molar-refractivity contribution >= 4 is 23.6 Å². The number of unbranched alkanes of at least 4 members (excludes halogenated alkanes) is 1. The van der Waals surface area contributed by atoms with E-state index in [1.165, 1.54) is 44.9 Å². The van der Waals surface area contributed by atoms with Crippen LogP contribution < -0.4 is 0 Å². The third-order valence-corrected chi connectivity index (χ3v) is 11.3. The summed E-state index contributed by atoms with van der Waals surface area (Å²) >= 11 is 6.44. The van der Waals surface area contributed by atoms with Crippen molar-refractivity contribution in [1.82, 2.24) is 19.9 Å². The number of nitrogens with zero attached hydrogens (tertiary/aromatic N) is 4. The average molecular weight is 625 g/mol. The summed E-state index contributed by atoms with van der Waals surface area (Å²) < 4.78 is 11.9. The molecule has 2 amide bonds. The summed E-state index contributed by atoms with van der Waals surface area (Å²) in [6.07, 6.45) is 13.5. The number of ether oxygens (including phenoxy) is 1. The van der Waals surface area contributed by atoms with Gasteiger partial charge in [-0.3, -0.25) is 9.69 Å². The summed E-state index contributed by atoms with van der Waals surface area (Å²) in [4.78, 5) is 33.6. The van der Waals surface area contributed by atoms with Gasteiger partial charge in [-0.2, -0.15) is 0 Å². The quantitative estimate of drug-likeness (QED) is 0.301. The second-order valence-electron chi connectivity index (χ2n) is 13.7. The lowest BCUT2D eigenvalue weighted by Crippen LogP contribution is -2.61. The first-order valence-corrected chi connectivity index (χ1v) is 17.5. The molecule has 9 heteroatoms. The summed E-state index contributed by atoms with van der Waals surface area (Å²) in [5.41, 5.74) is 1.40. The number of carbonyl (C=O) groups excluding carboxylic acids is 2. The Labute approximate surface area is 267 Å². The smallest absolute Gasteiger partial charge is 0.410 e. The Morgan fingerprint density at radius 3 is 2.48 bits per heavy atom. The van der Waals surface area contributed by atoms with Gasteiger partial charge in [-0.15, -0.1) is 0 Å². The van der Waals surface area contributed by atoms with Crippen LogP contribution in [0.3, 0.4) is 0 Å². The Kier molecular flexibility index (Phi) is 9.86. The van der Waals surface area contributed by atoms with Gasteiger partial charge in [-0.25, -0.2) is 4.79 Å². The lowest BCUT2D eigenvalue weighted by atomic mass is 9.75. The van der Waals surface area contributed by atoms with Crippen LogP contribution in [0.4, 0.5) is 4.79 Å². The fourth-order valence-corrected chi connectivity index (χ4v) is 8.52. The van der Waals surface area contributed by atoms with Gasteiger partial charge in [0.05, 0.1) is 5.02 Å². The van der Waals surface area contributed by atoms with Crippen LogP contribution in [0, 0.1) is 18.8 Å². The van der Waals surface area contributed by atoms with E-state index in [1.54, 1.807) is 13.0 Å². The topological polar surface area (TPSA) is 79.1 Å². The van der Waals surface area contributed by atoms with E-state index in [-0.39, 0.29) is 17.6 Å². The molecule has 6 rings (SSSR count). The standard InChI is InChI=1S/C35H49ClN4O4/c1-3-4-12-27-24-40(23-26-10-6-5-7-11-26)34(42)43-35(27)17-21-38(22-18-35)28-15-19-39(20-16-28)33(41)31-25(2)44-37-32(31)29-13-8-9-14-30(29)36/h8-9,13-14,26-28H,3-7,10-12,15-24H2,1-2H3. The second-order valence-corrected chi connectivity index (χ2v) is 14.1. The molecule has 1 aliphatic carbocycles. The summed E-state index contributed by atoms with van der Waals surface area (Å²) in [6, 6.07) is 7.86. The SMILES string of the molecule is CCCCC1CN(CC2CCCCC2)C(=O)OC12CCN(C1CCN(C(=O)c3c(-c4ccccc4Cl)noc3C)CC1)CC2. The average Bonchev–Trinajstić information content (AvgIpc) is 3.43. The molecule has 2 aromatic rings. The van der Waals surface area contributed by atoms with Crippen LogP contribution in [-0.2, 0) is 4.74 Å². The Hall–Kier alpha value is -2.58. The number of carbonyl (C=O) groups is 2. The highest BCUT2D eigenvalue weighted by molar-refractivity contribution is 6.33. The first-order valence-electron chi connectivity index (χ1n) is 17.1. The van der Waals surface area contributed by atoms with E-state index in [9.17, 15) is 9.59 Å². The van der Waals surface area contributed by atoms with Crippen LogP contribution in [0.25, 0.3) is 11.3 Å². The van der Waals surface area contributed by atoms with E-state index in [0.29, 0.717) is 58.6 Å². The zero-order valence-electron chi connectivity index (χ0n) is 26.6. The molecule has 8 nitrogen and oxygen atoms in total. The molecule has 1 spiro atoms. The van der Waals surface area contributed by atoms with Crippen molar-refractivity contribution in [3.05, 3.63) is 40.6 Å². The molecule has 4 aliphatic rings. The van der Waals surface area contributed by atoms with Gasteiger partial charge in [0.1, 0.15) is 22.6 Å². The molecule has 1 aromatic carbocycles. The third-order valence-electron chi connectivity index (χ3n) is 11.0. The molecule has 4 heterocycles. The van der Waals surface area contributed by atoms with E-state index in [4.69, 9.17) is 20.9 Å². The lowest BCUT2D eigenvalue weighted by molar-refractivity contribution is -0.127. The molecule has 0 bridgehead atoms. The molecule has 240 valence electrons. The normalized spacial score (nSPS) is 23.7. The molecule has 0 N–H and O–H groups in total. The molecule has 44 heavy (non-hydrogen) atoms. The number of likely N-dealkylation sites (tertiary alicyclic amines) is 2. The number of hydrogen-bond donors (Lipinski definition) is 0. The van der Waals surface area contributed by atoms with E-state index < -0.39 is 0 Å². The molecule has 1 saturated carbocycles. The number of aromatic nitrogens is 1. The Morgan fingerprint density at radius 1 is 1.05 bits per heavy atom. The zero-order chi connectivity index (χ0) is 30.7. The van der Waals surface area contributed by atoms with Crippen molar-refractivity contribution in [2.75, 3.05) is 39.3 Å². The minimum atomic E-state index is -0.330. The van der Waals surface area contributed by atoms with Gasteiger partial charge in [0.15, 0.2) is 0 Å². The second kappa shape index (κ2) is 13.8. The van der Waals surface area contributed by atoms with Gasteiger partial charge in [-0.1, -0.05) is 74.0 Å². The van der Waals surface area contributed by atoms with Gasteiger partial charge in [0.25, 0.3) is 5.91 Å². The summed E-state index contributed by atoms with van der Waals surface area (Å²) in [5.74, 6) is 1.52. The van der Waals surface area contributed by atoms with Crippen LogP contribution in [0.1, 0.15) is 100 Å². The molecule has 1 aromatic heterocycles. The maximum atomic E-state index is 13.7. The van der Waals surface area contributed by atoms with Crippen molar-refractivity contribution in [2.45, 2.75) is 103 Å². The van der Waals surface area contributed by atoms with Crippen LogP contribution in [0.15, 0.2) is 28.8 Å². The lowest BCUT2D eigenvalue weighted by Gasteiger charge is -2.52. The Bertz CT molecular complexity index is 1290. The van der Waals surface area contributed by atoms with Crippen LogP contribution in [0.5, 0.6) is 0 Å². The monoisotopic (exact) mass is 624 g/mol. The van der Waals surface area contributed by atoms with Gasteiger partial charge >= 0.3 is 6.09 Å². The van der Waals surface area contributed by atoms with Crippen molar-refractivity contribution in [3.8, 4) is 11.3 Å². The first-order chi connectivity index (χ1) is 21.4. The predicted octanol–water partition coefficient (Wildman–Crippen LogP) is 7.58. The highest BCUT2D eigenvalue weighted by Crippen LogP contribution is 2.42. The number of piperidine rings is 2. The van der Waals surface area contributed by atoms with Crippen LogP contribution in [0.2, 0.25) is 5.02 Å². The highest BCUT2D eigenvalue weighted by Gasteiger charge is 2.50. The third kappa shape index (κ3) is 6.53. The predicted molar refractivity (Wildman–Crippen MR) is 172 cm³/mol. The number of hydrogen-bond acceptors (Lipinski definition) is 6. The fourth-order valence-electron chi connectivity index (χ4n) is 8.30. The number of halogens is 1. The Morgan fingerprint density at radius 2 is 1.77 bits per heavy atom. The molecule has 4 fully saturated rings. The molecular formula is C35H49ClN4O4. The molecular weight excluding hydrogens is 576 g/mol. The fraction of sp³-hybridized carbons (Fsp3) is 0.686. The van der Waals surface area contributed by atoms with Crippen LogP contribution in [-0.4, -0.2) is 82.8 Å². The van der Waals surface area contributed by atoms with Gasteiger partial charge < -0.3 is 19.1 Å². The van der Waals surface area contributed by atoms with Crippen molar-refractivity contribution in [2.24, 2.45) is 11.8 Å². The molecule has 0 radical (unpaired) electrons. The maximum absolute atomic E-state index is 13.7. The summed E-state index contributed by atoms with van der Waals surface area (Å²) in [6.45, 7) is 9.05. The van der Waals surface area contributed by atoms with Gasteiger partial charge in [0, 0.05) is 69.6 Å². The summed E-state index contributed by atoms with van der Waals surface area (Å²) in [5, 5.41) is 4.75. The van der Waals surface area contributed by atoms with Crippen molar-refractivity contribution < 1.29 is 18.8 Å². The van der Waals surface area contributed by atoms with E-state index in [2.05, 4.69) is 21.9 Å². The number of benzene rings is 1. The molecule has 3 saturated heterocycles. The molecule has 3 aliphatic heterocycles. The van der Waals surface area contributed by atoms with Crippen LogP contribution >= 0.6 is 11.6 Å². The minimum Gasteiger partial charge on any atom is -0.442 e. The van der Waals surface area contributed by atoms with Crippen molar-refractivity contribution in [3.63, 3.8) is 0 Å². The Balaban J connectivity index is 1.05. The van der Waals surface area contributed by atoms with E-state index >= 15 is 0 Å². The van der Waals surface area contributed by atoms with Gasteiger partial charge in [0.2, 0.25) is 0 Å². The van der Waals surface area contributed by atoms with E-state index in [0.717, 1.165) is 58.3 Å².